The first kappa shape index (κ1) is 16.4. The summed E-state index contributed by atoms with van der Waals surface area (Å²) in [6.07, 6.45) is 1.35. The summed E-state index contributed by atoms with van der Waals surface area (Å²) in [4.78, 5) is 23.1. The fraction of sp³-hybridized carbons (Fsp3) is 0.500. The van der Waals surface area contributed by atoms with Gasteiger partial charge in [0.25, 0.3) is 0 Å². The molecule has 0 unspecified atom stereocenters. The number of carboxylic acid groups (broad SMARTS) is 1. The molecule has 1 saturated carbocycles. The molecule has 22 heavy (non-hydrogen) atoms. The summed E-state index contributed by atoms with van der Waals surface area (Å²) in [6, 6.07) is 4.71. The number of amides is 1. The molecule has 0 aliphatic heterocycles. The Hall–Kier alpha value is -1.95. The van der Waals surface area contributed by atoms with Crippen LogP contribution in [0.2, 0.25) is 0 Å². The fourth-order valence-electron chi connectivity index (χ4n) is 2.05. The number of hydrogen-bond donors (Lipinski definition) is 2. The van der Waals surface area contributed by atoms with Crippen molar-refractivity contribution in [1.82, 2.24) is 5.32 Å². The minimum absolute atomic E-state index is 0.271. The number of nitrogens with one attached hydrogen (secondary N) is 1. The molecule has 0 aromatic heterocycles. The number of ether oxygens (including phenoxy) is 1. The number of hydrogen-bond acceptors (Lipinski definition) is 3. The van der Waals surface area contributed by atoms with Crippen molar-refractivity contribution < 1.29 is 23.8 Å². The summed E-state index contributed by atoms with van der Waals surface area (Å²) in [5.41, 5.74) is 0.548. The predicted molar refractivity (Wildman–Crippen MR) is 77.7 cm³/mol. The molecule has 1 amide bonds. The zero-order chi connectivity index (χ0) is 16.1. The first-order chi connectivity index (χ1) is 10.5. The molecular formula is C16H20FNO4. The molecule has 2 atom stereocenters. The Morgan fingerprint density at radius 2 is 2.00 bits per heavy atom. The quantitative estimate of drug-likeness (QED) is 0.772. The van der Waals surface area contributed by atoms with Gasteiger partial charge in [-0.3, -0.25) is 9.59 Å². The summed E-state index contributed by atoms with van der Waals surface area (Å²) in [7, 11) is 0. The van der Waals surface area contributed by atoms with Crippen molar-refractivity contribution in [2.75, 3.05) is 6.61 Å². The molecule has 1 fully saturated rings. The lowest BCUT2D eigenvalue weighted by Gasteiger charge is -2.20. The minimum atomic E-state index is -1.04. The number of rotatable bonds is 8. The monoisotopic (exact) mass is 309 g/mol. The molecule has 2 N–H and O–H groups in total. The molecule has 1 aliphatic carbocycles. The number of halogens is 1. The first-order valence-corrected chi connectivity index (χ1v) is 7.35. The van der Waals surface area contributed by atoms with Crippen molar-refractivity contribution in [1.29, 1.82) is 0 Å². The van der Waals surface area contributed by atoms with E-state index in [0.717, 1.165) is 12.8 Å². The number of benzene rings is 1. The summed E-state index contributed by atoms with van der Waals surface area (Å²) in [5, 5.41) is 11.6. The summed E-state index contributed by atoms with van der Waals surface area (Å²) >= 11 is 0. The van der Waals surface area contributed by atoms with Crippen molar-refractivity contribution in [2.24, 2.45) is 5.92 Å². The second-order valence-corrected chi connectivity index (χ2v) is 5.63. The molecular weight excluding hydrogens is 289 g/mol. The van der Waals surface area contributed by atoms with Gasteiger partial charge in [0.1, 0.15) is 11.9 Å². The molecule has 120 valence electrons. The first-order valence-electron chi connectivity index (χ1n) is 7.35. The molecule has 6 heteroatoms. The van der Waals surface area contributed by atoms with Crippen molar-refractivity contribution in [3.63, 3.8) is 0 Å². The topological polar surface area (TPSA) is 75.6 Å². The largest absolute Gasteiger partial charge is 0.481 e. The van der Waals surface area contributed by atoms with Gasteiger partial charge >= 0.3 is 5.97 Å². The average Bonchev–Trinajstić information content (AvgIpc) is 3.28. The van der Waals surface area contributed by atoms with E-state index in [4.69, 9.17) is 9.84 Å². The minimum Gasteiger partial charge on any atom is -0.481 e. The van der Waals surface area contributed by atoms with Gasteiger partial charge in [0.15, 0.2) is 0 Å². The van der Waals surface area contributed by atoms with E-state index in [1.54, 1.807) is 6.92 Å². The van der Waals surface area contributed by atoms with E-state index in [0.29, 0.717) is 18.1 Å². The predicted octanol–water partition coefficient (Wildman–Crippen LogP) is 2.27. The molecule has 2 rings (SSSR count). The molecule has 0 spiro atoms. The van der Waals surface area contributed by atoms with Crippen molar-refractivity contribution in [2.45, 2.75) is 38.3 Å². The molecule has 0 saturated heterocycles. The Kier molecular flexibility index (Phi) is 5.49. The van der Waals surface area contributed by atoms with Crippen LogP contribution in [-0.4, -0.2) is 29.7 Å². The van der Waals surface area contributed by atoms with Gasteiger partial charge in [-0.2, -0.15) is 0 Å². The lowest BCUT2D eigenvalue weighted by Crippen LogP contribution is -2.38. The molecule has 0 radical (unpaired) electrons. The molecule has 0 heterocycles. The molecule has 0 bridgehead atoms. The van der Waals surface area contributed by atoms with E-state index >= 15 is 0 Å². The van der Waals surface area contributed by atoms with Crippen LogP contribution in [0.4, 0.5) is 4.39 Å². The van der Waals surface area contributed by atoms with E-state index in [-0.39, 0.29) is 12.3 Å². The second kappa shape index (κ2) is 7.35. The summed E-state index contributed by atoms with van der Waals surface area (Å²) in [5.74, 6) is -1.27. The lowest BCUT2D eigenvalue weighted by atomic mass is 10.0. The maximum atomic E-state index is 13.0. The van der Waals surface area contributed by atoms with Crippen LogP contribution in [0.3, 0.4) is 0 Å². The van der Waals surface area contributed by atoms with E-state index in [9.17, 15) is 14.0 Å². The van der Waals surface area contributed by atoms with E-state index < -0.39 is 23.9 Å². The third-order valence-electron chi connectivity index (χ3n) is 3.62. The molecule has 1 aromatic rings. The van der Waals surface area contributed by atoms with E-state index in [2.05, 4.69) is 5.32 Å². The van der Waals surface area contributed by atoms with Gasteiger partial charge in [-0.15, -0.1) is 0 Å². The van der Waals surface area contributed by atoms with Crippen molar-refractivity contribution >= 4 is 11.9 Å². The third kappa shape index (κ3) is 5.11. The summed E-state index contributed by atoms with van der Waals surface area (Å²) in [6.45, 7) is 2.19. The molecule has 1 aromatic carbocycles. The average molecular weight is 309 g/mol. The molecule has 5 nitrogen and oxygen atoms in total. The Balaban J connectivity index is 1.96. The Morgan fingerprint density at radius 1 is 1.36 bits per heavy atom. The normalized spacial score (nSPS) is 16.8. The Bertz CT molecular complexity index is 527. The highest BCUT2D eigenvalue weighted by molar-refractivity contribution is 5.81. The highest BCUT2D eigenvalue weighted by Crippen LogP contribution is 2.29. The van der Waals surface area contributed by atoms with Crippen LogP contribution in [0.25, 0.3) is 0 Å². The van der Waals surface area contributed by atoms with Crippen LogP contribution in [-0.2, 0) is 14.3 Å². The maximum Gasteiger partial charge on any atom is 0.305 e. The number of carboxylic acids is 1. The lowest BCUT2D eigenvalue weighted by molar-refractivity contribution is -0.138. The zero-order valence-corrected chi connectivity index (χ0v) is 12.4. The SMILES string of the molecule is C[C@H](OCC1CC1)C(=O)N[C@H](CC(=O)O)c1ccc(F)cc1. The zero-order valence-electron chi connectivity index (χ0n) is 12.4. The highest BCUT2D eigenvalue weighted by Gasteiger charge is 2.25. The van der Waals surface area contributed by atoms with Gasteiger partial charge in [-0.25, -0.2) is 4.39 Å². The van der Waals surface area contributed by atoms with Crippen LogP contribution < -0.4 is 5.32 Å². The Morgan fingerprint density at radius 3 is 2.55 bits per heavy atom. The maximum absolute atomic E-state index is 13.0. The van der Waals surface area contributed by atoms with Crippen LogP contribution >= 0.6 is 0 Å². The standard InChI is InChI=1S/C16H20FNO4/c1-10(22-9-11-2-3-11)16(21)18-14(8-15(19)20)12-4-6-13(17)7-5-12/h4-7,10-11,14H,2-3,8-9H2,1H3,(H,18,21)(H,19,20)/t10-,14+/m0/s1. The van der Waals surface area contributed by atoms with Crippen molar-refractivity contribution in [3.05, 3.63) is 35.6 Å². The summed E-state index contributed by atoms with van der Waals surface area (Å²) < 4.78 is 18.4. The smallest absolute Gasteiger partial charge is 0.305 e. The van der Waals surface area contributed by atoms with Gasteiger partial charge in [0.05, 0.1) is 19.1 Å². The number of carbonyl (C=O) groups is 2. The van der Waals surface area contributed by atoms with Gasteiger partial charge in [-0.1, -0.05) is 12.1 Å². The third-order valence-corrected chi connectivity index (χ3v) is 3.62. The highest BCUT2D eigenvalue weighted by atomic mass is 19.1. The Labute approximate surface area is 128 Å². The van der Waals surface area contributed by atoms with Crippen LogP contribution in [0.1, 0.15) is 37.8 Å². The van der Waals surface area contributed by atoms with Crippen LogP contribution in [0.5, 0.6) is 0 Å². The fourth-order valence-corrected chi connectivity index (χ4v) is 2.05. The van der Waals surface area contributed by atoms with Gasteiger partial charge in [0, 0.05) is 0 Å². The van der Waals surface area contributed by atoms with Crippen LogP contribution in [0, 0.1) is 11.7 Å². The van der Waals surface area contributed by atoms with Gasteiger partial charge < -0.3 is 15.2 Å². The van der Waals surface area contributed by atoms with Gasteiger partial charge in [0.2, 0.25) is 5.91 Å². The second-order valence-electron chi connectivity index (χ2n) is 5.63. The van der Waals surface area contributed by atoms with E-state index in [1.165, 1.54) is 24.3 Å². The van der Waals surface area contributed by atoms with Crippen molar-refractivity contribution in [3.8, 4) is 0 Å². The number of carbonyl (C=O) groups excluding carboxylic acids is 1. The van der Waals surface area contributed by atoms with Crippen LogP contribution in [0.15, 0.2) is 24.3 Å². The van der Waals surface area contributed by atoms with E-state index in [1.807, 2.05) is 0 Å². The number of aliphatic carboxylic acids is 1. The van der Waals surface area contributed by atoms with Gasteiger partial charge in [-0.05, 0) is 43.4 Å². The molecule has 1 aliphatic rings.